The van der Waals surface area contributed by atoms with Crippen molar-refractivity contribution in [2.45, 2.75) is 66.0 Å². The van der Waals surface area contributed by atoms with Gasteiger partial charge < -0.3 is 10.6 Å². The number of aromatic nitrogens is 1. The van der Waals surface area contributed by atoms with Gasteiger partial charge >= 0.3 is 0 Å². The number of unbranched alkanes of at least 4 members (excludes halogenated alkanes) is 2. The molecule has 0 bridgehead atoms. The molecule has 22 heavy (non-hydrogen) atoms. The van der Waals surface area contributed by atoms with Gasteiger partial charge in [0, 0.05) is 18.8 Å². The largest absolute Gasteiger partial charge is 0.357 e. The standard InChI is InChI=1S/C17H30N4.HI/c1-5-7-8-11-15(4)21-17(18-6-2)20-13-16-14(3)10-9-12-19-16;/h9-10,12,15H,5-8,11,13H2,1-4H3,(H2,18,20,21);1H. The Hall–Kier alpha value is -0.850. The molecule has 0 fully saturated rings. The van der Waals surface area contributed by atoms with E-state index in [1.807, 2.05) is 12.3 Å². The van der Waals surface area contributed by atoms with Crippen LogP contribution in [0.4, 0.5) is 0 Å². The molecule has 1 aromatic rings. The molecule has 0 saturated heterocycles. The van der Waals surface area contributed by atoms with Crippen LogP contribution in [0.1, 0.15) is 57.7 Å². The van der Waals surface area contributed by atoms with Crippen LogP contribution in [0.5, 0.6) is 0 Å². The third kappa shape index (κ3) is 8.56. The predicted molar refractivity (Wildman–Crippen MR) is 106 cm³/mol. The summed E-state index contributed by atoms with van der Waals surface area (Å²) in [6, 6.07) is 4.48. The third-order valence-corrected chi connectivity index (χ3v) is 3.47. The minimum absolute atomic E-state index is 0. The number of pyridine rings is 1. The van der Waals surface area contributed by atoms with E-state index >= 15 is 0 Å². The topological polar surface area (TPSA) is 49.3 Å². The molecule has 1 aromatic heterocycles. The molecule has 1 unspecified atom stereocenters. The molecule has 126 valence electrons. The Bertz CT molecular complexity index is 434. The number of guanidine groups is 1. The molecule has 5 heteroatoms. The van der Waals surface area contributed by atoms with Gasteiger partial charge in [-0.2, -0.15) is 0 Å². The van der Waals surface area contributed by atoms with E-state index in [0.29, 0.717) is 12.6 Å². The summed E-state index contributed by atoms with van der Waals surface area (Å²) in [5.74, 6) is 0.881. The van der Waals surface area contributed by atoms with Gasteiger partial charge in [0.25, 0.3) is 0 Å². The van der Waals surface area contributed by atoms with Gasteiger partial charge in [-0.3, -0.25) is 4.98 Å². The first-order chi connectivity index (χ1) is 10.2. The molecule has 0 amide bonds. The number of aliphatic imine (C=N–C) groups is 1. The van der Waals surface area contributed by atoms with Gasteiger partial charge in [0.2, 0.25) is 0 Å². The van der Waals surface area contributed by atoms with Crippen molar-refractivity contribution < 1.29 is 0 Å². The summed E-state index contributed by atoms with van der Waals surface area (Å²) in [5.41, 5.74) is 2.22. The van der Waals surface area contributed by atoms with Crippen LogP contribution >= 0.6 is 24.0 Å². The first-order valence-electron chi connectivity index (χ1n) is 8.12. The molecular weight excluding hydrogens is 387 g/mol. The third-order valence-electron chi connectivity index (χ3n) is 3.47. The average molecular weight is 418 g/mol. The lowest BCUT2D eigenvalue weighted by atomic mass is 10.1. The van der Waals surface area contributed by atoms with Crippen molar-refractivity contribution in [1.82, 2.24) is 15.6 Å². The van der Waals surface area contributed by atoms with Crippen molar-refractivity contribution in [3.63, 3.8) is 0 Å². The molecule has 0 saturated carbocycles. The van der Waals surface area contributed by atoms with Gasteiger partial charge in [-0.1, -0.05) is 32.3 Å². The van der Waals surface area contributed by atoms with E-state index in [4.69, 9.17) is 0 Å². The van der Waals surface area contributed by atoms with Gasteiger partial charge in [0.1, 0.15) is 0 Å². The van der Waals surface area contributed by atoms with Crippen molar-refractivity contribution in [1.29, 1.82) is 0 Å². The maximum absolute atomic E-state index is 4.64. The summed E-state index contributed by atoms with van der Waals surface area (Å²) in [7, 11) is 0. The lowest BCUT2D eigenvalue weighted by molar-refractivity contribution is 0.546. The second kappa shape index (κ2) is 12.7. The number of hydrogen-bond donors (Lipinski definition) is 2. The highest BCUT2D eigenvalue weighted by atomic mass is 127. The van der Waals surface area contributed by atoms with Crippen molar-refractivity contribution in [3.8, 4) is 0 Å². The van der Waals surface area contributed by atoms with Crippen LogP contribution in [0, 0.1) is 6.92 Å². The highest BCUT2D eigenvalue weighted by molar-refractivity contribution is 14.0. The fourth-order valence-electron chi connectivity index (χ4n) is 2.16. The molecule has 1 atom stereocenters. The van der Waals surface area contributed by atoms with Crippen LogP contribution in [0.25, 0.3) is 0 Å². The number of rotatable bonds is 8. The van der Waals surface area contributed by atoms with E-state index in [-0.39, 0.29) is 24.0 Å². The molecular formula is C17H31IN4. The van der Waals surface area contributed by atoms with E-state index in [9.17, 15) is 0 Å². The Labute approximate surface area is 152 Å². The maximum Gasteiger partial charge on any atom is 0.191 e. The second-order valence-corrected chi connectivity index (χ2v) is 5.50. The Morgan fingerprint density at radius 1 is 1.32 bits per heavy atom. The zero-order valence-electron chi connectivity index (χ0n) is 14.4. The molecule has 1 heterocycles. The van der Waals surface area contributed by atoms with Gasteiger partial charge in [-0.15, -0.1) is 24.0 Å². The van der Waals surface area contributed by atoms with Gasteiger partial charge in [-0.25, -0.2) is 4.99 Å². The van der Waals surface area contributed by atoms with Crippen molar-refractivity contribution in [2.24, 2.45) is 4.99 Å². The molecule has 0 aliphatic rings. The fourth-order valence-corrected chi connectivity index (χ4v) is 2.16. The summed E-state index contributed by atoms with van der Waals surface area (Å²) in [4.78, 5) is 9.03. The van der Waals surface area contributed by atoms with Crippen molar-refractivity contribution >= 4 is 29.9 Å². The minimum Gasteiger partial charge on any atom is -0.357 e. The molecule has 4 nitrogen and oxygen atoms in total. The average Bonchev–Trinajstić information content (AvgIpc) is 2.46. The van der Waals surface area contributed by atoms with E-state index < -0.39 is 0 Å². The lowest BCUT2D eigenvalue weighted by Gasteiger charge is -2.17. The SMILES string of the molecule is CCCCCC(C)NC(=NCc1ncccc1C)NCC.I. The molecule has 0 aliphatic heterocycles. The number of hydrogen-bond acceptors (Lipinski definition) is 2. The van der Waals surface area contributed by atoms with Gasteiger partial charge in [0.05, 0.1) is 12.2 Å². The maximum atomic E-state index is 4.64. The summed E-state index contributed by atoms with van der Waals surface area (Å²) >= 11 is 0. The molecule has 2 N–H and O–H groups in total. The van der Waals surface area contributed by atoms with E-state index in [2.05, 4.69) is 54.4 Å². The van der Waals surface area contributed by atoms with Crippen LogP contribution in [0.3, 0.4) is 0 Å². The molecule has 0 aromatic carbocycles. The van der Waals surface area contributed by atoms with Gasteiger partial charge in [0.15, 0.2) is 5.96 Å². The van der Waals surface area contributed by atoms with Crippen molar-refractivity contribution in [2.75, 3.05) is 6.54 Å². The highest BCUT2D eigenvalue weighted by Crippen LogP contribution is 2.05. The van der Waals surface area contributed by atoms with E-state index in [0.717, 1.165) is 18.2 Å². The summed E-state index contributed by atoms with van der Waals surface area (Å²) in [6.45, 7) is 10.1. The molecule has 0 radical (unpaired) electrons. The number of nitrogens with zero attached hydrogens (tertiary/aromatic N) is 2. The van der Waals surface area contributed by atoms with Gasteiger partial charge in [-0.05, 0) is 38.8 Å². The number of nitrogens with one attached hydrogen (secondary N) is 2. The quantitative estimate of drug-likeness (QED) is 0.290. The zero-order chi connectivity index (χ0) is 15.5. The first-order valence-corrected chi connectivity index (χ1v) is 8.12. The Morgan fingerprint density at radius 3 is 2.73 bits per heavy atom. The monoisotopic (exact) mass is 418 g/mol. The summed E-state index contributed by atoms with van der Waals surface area (Å²) in [6.07, 6.45) is 6.84. The van der Waals surface area contributed by atoms with E-state index in [1.165, 1.54) is 31.2 Å². The van der Waals surface area contributed by atoms with Crippen LogP contribution in [-0.4, -0.2) is 23.5 Å². The second-order valence-electron chi connectivity index (χ2n) is 5.50. The number of aryl methyl sites for hydroxylation is 1. The predicted octanol–water partition coefficient (Wildman–Crippen LogP) is 4.03. The summed E-state index contributed by atoms with van der Waals surface area (Å²) < 4.78 is 0. The highest BCUT2D eigenvalue weighted by Gasteiger charge is 2.05. The fraction of sp³-hybridized carbons (Fsp3) is 0.647. The van der Waals surface area contributed by atoms with Crippen LogP contribution in [0.2, 0.25) is 0 Å². The molecule has 0 spiro atoms. The summed E-state index contributed by atoms with van der Waals surface area (Å²) in [5, 5.41) is 6.78. The smallest absolute Gasteiger partial charge is 0.191 e. The minimum atomic E-state index is 0. The van der Waals surface area contributed by atoms with E-state index in [1.54, 1.807) is 0 Å². The number of halogens is 1. The Kier molecular flexibility index (Phi) is 12.2. The first kappa shape index (κ1) is 21.1. The lowest BCUT2D eigenvalue weighted by Crippen LogP contribution is -2.42. The Morgan fingerprint density at radius 2 is 2.09 bits per heavy atom. The van der Waals surface area contributed by atoms with Crippen LogP contribution in [0.15, 0.2) is 23.3 Å². The Balaban J connectivity index is 0.00000441. The zero-order valence-corrected chi connectivity index (χ0v) is 16.7. The van der Waals surface area contributed by atoms with Crippen LogP contribution in [-0.2, 0) is 6.54 Å². The van der Waals surface area contributed by atoms with Crippen molar-refractivity contribution in [3.05, 3.63) is 29.6 Å². The molecule has 0 aliphatic carbocycles. The molecule has 1 rings (SSSR count). The normalized spacial score (nSPS) is 12.5. The van der Waals surface area contributed by atoms with Crippen LogP contribution < -0.4 is 10.6 Å².